The highest BCUT2D eigenvalue weighted by Gasteiger charge is 2.08. The van der Waals surface area contributed by atoms with Crippen LogP contribution in [-0.2, 0) is 0 Å². The molecule has 1 heterocycles. The number of hydrogen-bond donors (Lipinski definition) is 1. The first-order valence-corrected chi connectivity index (χ1v) is 6.95. The van der Waals surface area contributed by atoms with Gasteiger partial charge in [-0.3, -0.25) is 4.79 Å². The van der Waals surface area contributed by atoms with Gasteiger partial charge in [0.15, 0.2) is 0 Å². The molecule has 0 fully saturated rings. The Morgan fingerprint density at radius 3 is 2.45 bits per heavy atom. The Kier molecular flexibility index (Phi) is 3.51. The molecule has 0 saturated heterocycles. The summed E-state index contributed by atoms with van der Waals surface area (Å²) in [7, 11) is 0. The van der Waals surface area contributed by atoms with E-state index in [9.17, 15) is 9.59 Å². The third-order valence-corrected chi connectivity index (χ3v) is 3.52. The number of rotatable bonds is 2. The first-order valence-electron chi connectivity index (χ1n) is 6.95. The standard InChI is InChI=1S/C18H15NO3/c1-11-3-5-13(6-4-11)18(21)19-14-7-8-15-12(2)9-17(20)22-16(15)10-14/h3-10H,1-2H3,(H,19,21). The van der Waals surface area contributed by atoms with Crippen molar-refractivity contribution >= 4 is 22.6 Å². The molecule has 110 valence electrons. The van der Waals surface area contributed by atoms with Crippen molar-refractivity contribution in [2.45, 2.75) is 13.8 Å². The quantitative estimate of drug-likeness (QED) is 0.733. The van der Waals surface area contributed by atoms with E-state index in [1.165, 1.54) is 6.07 Å². The smallest absolute Gasteiger partial charge is 0.336 e. The minimum absolute atomic E-state index is 0.200. The average Bonchev–Trinajstić information content (AvgIpc) is 2.47. The van der Waals surface area contributed by atoms with E-state index in [1.54, 1.807) is 24.3 Å². The van der Waals surface area contributed by atoms with E-state index >= 15 is 0 Å². The number of anilines is 1. The first kappa shape index (κ1) is 14.1. The highest BCUT2D eigenvalue weighted by molar-refractivity contribution is 6.05. The summed E-state index contributed by atoms with van der Waals surface area (Å²) in [5.41, 5.74) is 3.18. The number of carbonyl (C=O) groups excluding carboxylic acids is 1. The van der Waals surface area contributed by atoms with Crippen LogP contribution in [0, 0.1) is 13.8 Å². The monoisotopic (exact) mass is 293 g/mol. The predicted molar refractivity (Wildman–Crippen MR) is 86.4 cm³/mol. The topological polar surface area (TPSA) is 59.3 Å². The van der Waals surface area contributed by atoms with Crippen molar-refractivity contribution in [2.75, 3.05) is 5.32 Å². The molecule has 3 rings (SSSR count). The maximum atomic E-state index is 12.2. The maximum Gasteiger partial charge on any atom is 0.336 e. The Bertz CT molecular complexity index is 908. The molecule has 0 saturated carbocycles. The molecule has 22 heavy (non-hydrogen) atoms. The second-order valence-electron chi connectivity index (χ2n) is 5.28. The molecule has 2 aromatic carbocycles. The van der Waals surface area contributed by atoms with E-state index in [2.05, 4.69) is 5.32 Å². The Labute approximate surface area is 127 Å². The van der Waals surface area contributed by atoms with Gasteiger partial charge in [0.1, 0.15) is 5.58 Å². The highest BCUT2D eigenvalue weighted by Crippen LogP contribution is 2.21. The summed E-state index contributed by atoms with van der Waals surface area (Å²) < 4.78 is 5.18. The average molecular weight is 293 g/mol. The summed E-state index contributed by atoms with van der Waals surface area (Å²) in [5.74, 6) is -0.200. The normalized spacial score (nSPS) is 10.6. The molecule has 4 nitrogen and oxygen atoms in total. The molecular weight excluding hydrogens is 278 g/mol. The van der Waals surface area contributed by atoms with E-state index in [1.807, 2.05) is 32.0 Å². The van der Waals surface area contributed by atoms with Crippen molar-refractivity contribution in [1.29, 1.82) is 0 Å². The molecule has 0 radical (unpaired) electrons. The molecule has 0 bridgehead atoms. The molecule has 4 heteroatoms. The van der Waals surface area contributed by atoms with E-state index in [0.29, 0.717) is 16.8 Å². The lowest BCUT2D eigenvalue weighted by atomic mass is 10.1. The summed E-state index contributed by atoms with van der Waals surface area (Å²) in [5, 5.41) is 3.66. The molecule has 0 spiro atoms. The van der Waals surface area contributed by atoms with Crippen LogP contribution in [0.4, 0.5) is 5.69 Å². The Morgan fingerprint density at radius 2 is 1.73 bits per heavy atom. The second kappa shape index (κ2) is 5.48. The van der Waals surface area contributed by atoms with Crippen LogP contribution in [0.1, 0.15) is 21.5 Å². The van der Waals surface area contributed by atoms with Crippen LogP contribution in [0.2, 0.25) is 0 Å². The molecule has 0 atom stereocenters. The Morgan fingerprint density at radius 1 is 1.00 bits per heavy atom. The van der Waals surface area contributed by atoms with Crippen molar-refractivity contribution in [3.63, 3.8) is 0 Å². The van der Waals surface area contributed by atoms with Crippen molar-refractivity contribution in [2.24, 2.45) is 0 Å². The van der Waals surface area contributed by atoms with Crippen molar-refractivity contribution < 1.29 is 9.21 Å². The van der Waals surface area contributed by atoms with Gasteiger partial charge in [0.05, 0.1) is 0 Å². The Hall–Kier alpha value is -2.88. The molecule has 0 aliphatic heterocycles. The summed E-state index contributed by atoms with van der Waals surface area (Å²) in [6.45, 7) is 3.82. The van der Waals surface area contributed by atoms with Gasteiger partial charge in [-0.15, -0.1) is 0 Å². The van der Waals surface area contributed by atoms with Crippen LogP contribution >= 0.6 is 0 Å². The van der Waals surface area contributed by atoms with Crippen LogP contribution < -0.4 is 10.9 Å². The summed E-state index contributed by atoms with van der Waals surface area (Å²) in [4.78, 5) is 23.6. The van der Waals surface area contributed by atoms with Crippen LogP contribution in [0.3, 0.4) is 0 Å². The van der Waals surface area contributed by atoms with Gasteiger partial charge in [0.2, 0.25) is 0 Å². The number of amides is 1. The lowest BCUT2D eigenvalue weighted by molar-refractivity contribution is 0.102. The van der Waals surface area contributed by atoms with Crippen LogP contribution in [-0.4, -0.2) is 5.91 Å². The van der Waals surface area contributed by atoms with Gasteiger partial charge in [-0.25, -0.2) is 4.79 Å². The minimum atomic E-state index is -0.396. The SMILES string of the molecule is Cc1ccc(C(=O)Nc2ccc3c(C)cc(=O)oc3c2)cc1. The highest BCUT2D eigenvalue weighted by atomic mass is 16.4. The van der Waals surface area contributed by atoms with E-state index < -0.39 is 5.63 Å². The molecule has 0 aliphatic rings. The summed E-state index contributed by atoms with van der Waals surface area (Å²) >= 11 is 0. The molecule has 1 aromatic heterocycles. The molecule has 0 aliphatic carbocycles. The van der Waals surface area contributed by atoms with Crippen molar-refractivity contribution in [1.82, 2.24) is 0 Å². The number of fused-ring (bicyclic) bond motifs is 1. The second-order valence-corrected chi connectivity index (χ2v) is 5.28. The molecule has 0 unspecified atom stereocenters. The van der Waals surface area contributed by atoms with E-state index in [-0.39, 0.29) is 5.91 Å². The van der Waals surface area contributed by atoms with Crippen LogP contribution in [0.25, 0.3) is 11.0 Å². The number of carbonyl (C=O) groups is 1. The molecule has 1 amide bonds. The zero-order valence-corrected chi connectivity index (χ0v) is 12.3. The van der Waals surface area contributed by atoms with Gasteiger partial charge in [0.25, 0.3) is 5.91 Å². The number of aryl methyl sites for hydroxylation is 2. The zero-order chi connectivity index (χ0) is 15.7. The van der Waals surface area contributed by atoms with Gasteiger partial charge in [0, 0.05) is 28.8 Å². The van der Waals surface area contributed by atoms with Crippen LogP contribution in [0.15, 0.2) is 57.7 Å². The van der Waals surface area contributed by atoms with Gasteiger partial charge in [-0.2, -0.15) is 0 Å². The first-order chi connectivity index (χ1) is 10.5. The number of hydrogen-bond acceptors (Lipinski definition) is 3. The Balaban J connectivity index is 1.92. The van der Waals surface area contributed by atoms with Gasteiger partial charge < -0.3 is 9.73 Å². The molecule has 1 N–H and O–H groups in total. The fourth-order valence-electron chi connectivity index (χ4n) is 2.31. The van der Waals surface area contributed by atoms with Crippen LogP contribution in [0.5, 0.6) is 0 Å². The third-order valence-electron chi connectivity index (χ3n) is 3.52. The lowest BCUT2D eigenvalue weighted by Gasteiger charge is -2.07. The van der Waals surface area contributed by atoms with Crippen molar-refractivity contribution in [3.05, 3.63) is 75.6 Å². The lowest BCUT2D eigenvalue weighted by Crippen LogP contribution is -2.11. The van der Waals surface area contributed by atoms with Gasteiger partial charge >= 0.3 is 5.63 Å². The summed E-state index contributed by atoms with van der Waals surface area (Å²) in [6, 6.07) is 14.1. The van der Waals surface area contributed by atoms with Crippen molar-refractivity contribution in [3.8, 4) is 0 Å². The van der Waals surface area contributed by atoms with Gasteiger partial charge in [-0.1, -0.05) is 17.7 Å². The molecular formula is C18H15NO3. The minimum Gasteiger partial charge on any atom is -0.423 e. The van der Waals surface area contributed by atoms with Gasteiger partial charge in [-0.05, 0) is 43.7 Å². The maximum absolute atomic E-state index is 12.2. The number of nitrogens with one attached hydrogen (secondary N) is 1. The fourth-order valence-corrected chi connectivity index (χ4v) is 2.31. The largest absolute Gasteiger partial charge is 0.423 e. The van der Waals surface area contributed by atoms with E-state index in [4.69, 9.17) is 4.42 Å². The third kappa shape index (κ3) is 2.76. The predicted octanol–water partition coefficient (Wildman–Crippen LogP) is 3.66. The zero-order valence-electron chi connectivity index (χ0n) is 12.3. The fraction of sp³-hybridized carbons (Fsp3) is 0.111. The number of benzene rings is 2. The summed E-state index contributed by atoms with van der Waals surface area (Å²) in [6.07, 6.45) is 0. The molecule has 3 aromatic rings. The van der Waals surface area contributed by atoms with E-state index in [0.717, 1.165) is 16.5 Å².